The van der Waals surface area contributed by atoms with E-state index in [4.69, 9.17) is 41.4 Å². The van der Waals surface area contributed by atoms with Crippen molar-refractivity contribution < 1.29 is 34.7 Å². The van der Waals surface area contributed by atoms with Crippen LogP contribution in [0, 0.1) is 5.92 Å². The quantitative estimate of drug-likeness (QED) is 0.159. The van der Waals surface area contributed by atoms with Crippen molar-refractivity contribution >= 4 is 5.91 Å². The molecular weight excluding hydrogens is 374 g/mol. The Labute approximate surface area is 163 Å². The molecule has 1 rings (SSSR count). The lowest BCUT2D eigenvalue weighted by molar-refractivity contribution is -0.119. The van der Waals surface area contributed by atoms with Gasteiger partial charge in [-0.05, 0) is 12.8 Å². The van der Waals surface area contributed by atoms with Crippen molar-refractivity contribution in [3.8, 4) is 0 Å². The molecule has 0 saturated carbocycles. The Hall–Kier alpha value is -1.67. The van der Waals surface area contributed by atoms with E-state index >= 15 is 0 Å². The van der Waals surface area contributed by atoms with Crippen LogP contribution in [0.5, 0.6) is 0 Å². The molecule has 0 radical (unpaired) electrons. The van der Waals surface area contributed by atoms with Crippen LogP contribution in [0.15, 0.2) is 6.20 Å². The van der Waals surface area contributed by atoms with E-state index in [-0.39, 0.29) is 45.6 Å². The highest BCUT2D eigenvalue weighted by atomic mass is 16.5. The molecule has 8 N–H and O–H groups in total. The first-order valence-electron chi connectivity index (χ1n) is 9.03. The van der Waals surface area contributed by atoms with Crippen molar-refractivity contribution in [2.24, 2.45) is 17.4 Å². The first kappa shape index (κ1) is 24.4. The molecule has 1 aromatic rings. The van der Waals surface area contributed by atoms with Gasteiger partial charge in [0.2, 0.25) is 5.91 Å². The maximum atomic E-state index is 11.0. The standard InChI is InChI=1S/C16H31N5O7/c17-15(16(18)26)2-1-12-4-21(20-19-12)3-11(9-27-13(5-22)6-23)10-28-14(7-24)8-25/h4,11,13-15,22-25H,1-3,5-10,17H2,(H2,18,26)/t15-/m1/s1. The van der Waals surface area contributed by atoms with Crippen LogP contribution in [0.1, 0.15) is 12.1 Å². The number of nitrogens with two attached hydrogens (primary N) is 2. The highest BCUT2D eigenvalue weighted by molar-refractivity contribution is 5.79. The zero-order valence-corrected chi connectivity index (χ0v) is 15.8. The molecule has 0 aliphatic rings. The molecule has 0 fully saturated rings. The number of rotatable bonds is 16. The van der Waals surface area contributed by atoms with Crippen LogP contribution < -0.4 is 11.5 Å². The third-order valence-corrected chi connectivity index (χ3v) is 4.06. The zero-order chi connectivity index (χ0) is 20.9. The fraction of sp³-hybridized carbons (Fsp3) is 0.812. The minimum absolute atomic E-state index is 0.150. The molecule has 12 nitrogen and oxygen atoms in total. The van der Waals surface area contributed by atoms with Crippen molar-refractivity contribution in [2.75, 3.05) is 39.6 Å². The van der Waals surface area contributed by atoms with Gasteiger partial charge in [-0.2, -0.15) is 0 Å². The van der Waals surface area contributed by atoms with Gasteiger partial charge in [-0.15, -0.1) is 5.10 Å². The second-order valence-corrected chi connectivity index (χ2v) is 6.49. The number of hydrogen-bond donors (Lipinski definition) is 6. The summed E-state index contributed by atoms with van der Waals surface area (Å²) in [6.45, 7) is -0.654. The molecule has 1 amide bonds. The van der Waals surface area contributed by atoms with Crippen LogP contribution in [0.4, 0.5) is 0 Å². The van der Waals surface area contributed by atoms with E-state index in [0.717, 1.165) is 0 Å². The van der Waals surface area contributed by atoms with Gasteiger partial charge in [-0.1, -0.05) is 5.21 Å². The van der Waals surface area contributed by atoms with Crippen molar-refractivity contribution in [1.82, 2.24) is 15.0 Å². The molecular formula is C16H31N5O7. The molecule has 0 unspecified atom stereocenters. The van der Waals surface area contributed by atoms with Crippen LogP contribution in [0.3, 0.4) is 0 Å². The number of primary amides is 1. The van der Waals surface area contributed by atoms with Gasteiger partial charge in [-0.25, -0.2) is 0 Å². The molecule has 0 aromatic carbocycles. The number of ether oxygens (including phenoxy) is 2. The summed E-state index contributed by atoms with van der Waals surface area (Å²) < 4.78 is 12.5. The lowest BCUT2D eigenvalue weighted by atomic mass is 10.1. The van der Waals surface area contributed by atoms with Gasteiger partial charge in [0.15, 0.2) is 0 Å². The number of amides is 1. The summed E-state index contributed by atoms with van der Waals surface area (Å²) in [7, 11) is 0. The van der Waals surface area contributed by atoms with Crippen LogP contribution in [-0.2, 0) is 27.2 Å². The Balaban J connectivity index is 2.64. The van der Waals surface area contributed by atoms with Gasteiger partial charge in [0.05, 0.1) is 51.4 Å². The first-order valence-corrected chi connectivity index (χ1v) is 9.03. The van der Waals surface area contributed by atoms with E-state index in [1.54, 1.807) is 10.9 Å². The Morgan fingerprint density at radius 3 is 2.07 bits per heavy atom. The number of nitrogens with zero attached hydrogens (tertiary/aromatic N) is 3. The van der Waals surface area contributed by atoms with Gasteiger partial charge in [0.25, 0.3) is 0 Å². The van der Waals surface area contributed by atoms with E-state index < -0.39 is 24.2 Å². The molecule has 0 saturated heterocycles. The molecule has 0 spiro atoms. The number of aliphatic hydroxyl groups is 4. The highest BCUT2D eigenvalue weighted by Gasteiger charge is 2.18. The van der Waals surface area contributed by atoms with E-state index in [2.05, 4.69) is 10.3 Å². The SMILES string of the molecule is NC(=O)[C@H](N)CCc1cn(CC(COC(CO)CO)COC(CO)CO)nn1. The highest BCUT2D eigenvalue weighted by Crippen LogP contribution is 2.09. The third-order valence-electron chi connectivity index (χ3n) is 4.06. The predicted molar refractivity (Wildman–Crippen MR) is 96.8 cm³/mol. The first-order chi connectivity index (χ1) is 13.4. The van der Waals surface area contributed by atoms with Crippen molar-refractivity contribution in [2.45, 2.75) is 37.6 Å². The number of aliphatic hydroxyl groups excluding tert-OH is 4. The predicted octanol–water partition coefficient (Wildman–Crippen LogP) is -3.62. The summed E-state index contributed by atoms with van der Waals surface area (Å²) in [5.74, 6) is -0.824. The van der Waals surface area contributed by atoms with E-state index in [9.17, 15) is 4.79 Å². The summed E-state index contributed by atoms with van der Waals surface area (Å²) in [5.41, 5.74) is 11.4. The Morgan fingerprint density at radius 1 is 1.07 bits per heavy atom. The number of carbonyl (C=O) groups is 1. The van der Waals surface area contributed by atoms with E-state index in [1.807, 2.05) is 0 Å². The largest absolute Gasteiger partial charge is 0.394 e. The normalized spacial score (nSPS) is 13.0. The third kappa shape index (κ3) is 9.01. The number of hydrogen-bond acceptors (Lipinski definition) is 10. The van der Waals surface area contributed by atoms with Gasteiger partial charge in [-0.3, -0.25) is 9.48 Å². The molecule has 0 aliphatic carbocycles. The van der Waals surface area contributed by atoms with Crippen molar-refractivity contribution in [3.05, 3.63) is 11.9 Å². The van der Waals surface area contributed by atoms with Gasteiger partial charge < -0.3 is 41.4 Å². The zero-order valence-electron chi connectivity index (χ0n) is 15.8. The average Bonchev–Trinajstić information content (AvgIpc) is 3.14. The van der Waals surface area contributed by atoms with Crippen molar-refractivity contribution in [1.29, 1.82) is 0 Å². The summed E-state index contributed by atoms with van der Waals surface area (Å²) >= 11 is 0. The summed E-state index contributed by atoms with van der Waals surface area (Å²) in [6, 6.07) is -0.748. The van der Waals surface area contributed by atoms with E-state index in [1.165, 1.54) is 0 Å². The second-order valence-electron chi connectivity index (χ2n) is 6.49. The lowest BCUT2D eigenvalue weighted by Crippen LogP contribution is -2.36. The molecule has 1 atom stereocenters. The molecule has 1 heterocycles. The molecule has 28 heavy (non-hydrogen) atoms. The second kappa shape index (κ2) is 13.5. The van der Waals surface area contributed by atoms with Gasteiger partial charge in [0, 0.05) is 18.7 Å². The lowest BCUT2D eigenvalue weighted by Gasteiger charge is -2.22. The maximum Gasteiger partial charge on any atom is 0.234 e. The Kier molecular flexibility index (Phi) is 11.7. The van der Waals surface area contributed by atoms with E-state index in [0.29, 0.717) is 25.1 Å². The van der Waals surface area contributed by atoms with Gasteiger partial charge >= 0.3 is 0 Å². The fourth-order valence-electron chi connectivity index (χ4n) is 2.28. The molecule has 0 bridgehead atoms. The van der Waals surface area contributed by atoms with Crippen LogP contribution in [-0.4, -0.2) is 99.2 Å². The Morgan fingerprint density at radius 2 is 1.61 bits per heavy atom. The number of aromatic nitrogens is 3. The molecule has 1 aromatic heterocycles. The summed E-state index contributed by atoms with van der Waals surface area (Å²) in [5, 5.41) is 44.5. The van der Waals surface area contributed by atoms with Gasteiger partial charge in [0.1, 0.15) is 12.2 Å². The smallest absolute Gasteiger partial charge is 0.234 e. The molecule has 12 heteroatoms. The summed E-state index contributed by atoms with van der Waals surface area (Å²) in [6.07, 6.45) is 1.07. The number of carbonyl (C=O) groups excluding carboxylic acids is 1. The van der Waals surface area contributed by atoms with Crippen molar-refractivity contribution in [3.63, 3.8) is 0 Å². The minimum atomic E-state index is -0.748. The van der Waals surface area contributed by atoms with Crippen LogP contribution >= 0.6 is 0 Å². The topological polar surface area (TPSA) is 199 Å². The number of aryl methyl sites for hydroxylation is 1. The minimum Gasteiger partial charge on any atom is -0.394 e. The maximum absolute atomic E-state index is 11.0. The molecule has 162 valence electrons. The summed E-state index contributed by atoms with van der Waals surface area (Å²) in [4.78, 5) is 11.0. The fourth-order valence-corrected chi connectivity index (χ4v) is 2.28. The molecule has 0 aliphatic heterocycles. The van der Waals surface area contributed by atoms with Crippen LogP contribution in [0.2, 0.25) is 0 Å². The Bertz CT molecular complexity index is 535. The van der Waals surface area contributed by atoms with Crippen LogP contribution in [0.25, 0.3) is 0 Å². The average molecular weight is 405 g/mol. The monoisotopic (exact) mass is 405 g/mol.